The first kappa shape index (κ1) is 21.2. The van der Waals surface area contributed by atoms with Crippen LogP contribution in [-0.2, 0) is 33.0 Å². The van der Waals surface area contributed by atoms with Gasteiger partial charge in [-0.3, -0.25) is 9.48 Å². The standard InChI is InChI=1S/C25H27N5O3/c1-29(16-20-9-6-12-32-20)25(31)24-21-13-18(10-11-22(21)30(2)27-24)26-15-19-14-23(33-28-19)17-7-4-3-5-8-17/h3-9,12,14,18,26H,10-11,13,15-16H2,1-2H3. The predicted octanol–water partition coefficient (Wildman–Crippen LogP) is 3.59. The molecular weight excluding hydrogens is 418 g/mol. The lowest BCUT2D eigenvalue weighted by molar-refractivity contribution is 0.0767. The molecule has 0 saturated carbocycles. The molecule has 0 fully saturated rings. The number of fused-ring (bicyclic) bond motifs is 1. The van der Waals surface area contributed by atoms with E-state index in [9.17, 15) is 4.79 Å². The Bertz CT molecular complexity index is 1230. The molecule has 1 aliphatic rings. The fourth-order valence-electron chi connectivity index (χ4n) is 4.41. The zero-order chi connectivity index (χ0) is 22.8. The highest BCUT2D eigenvalue weighted by Gasteiger charge is 2.29. The first-order chi connectivity index (χ1) is 16.1. The summed E-state index contributed by atoms with van der Waals surface area (Å²) >= 11 is 0. The van der Waals surface area contributed by atoms with Gasteiger partial charge in [-0.05, 0) is 31.4 Å². The molecule has 1 aromatic carbocycles. The molecule has 8 nitrogen and oxygen atoms in total. The Morgan fingerprint density at radius 3 is 2.88 bits per heavy atom. The van der Waals surface area contributed by atoms with Crippen LogP contribution in [0.2, 0.25) is 0 Å². The summed E-state index contributed by atoms with van der Waals surface area (Å²) in [5, 5.41) is 12.4. The summed E-state index contributed by atoms with van der Waals surface area (Å²) in [6, 6.07) is 15.8. The van der Waals surface area contributed by atoms with Crippen molar-refractivity contribution < 1.29 is 13.7 Å². The summed E-state index contributed by atoms with van der Waals surface area (Å²) < 4.78 is 12.7. The van der Waals surface area contributed by atoms with Crippen LogP contribution in [0.1, 0.15) is 39.6 Å². The first-order valence-electron chi connectivity index (χ1n) is 11.2. The van der Waals surface area contributed by atoms with Crippen molar-refractivity contribution in [2.75, 3.05) is 7.05 Å². The summed E-state index contributed by atoms with van der Waals surface area (Å²) in [4.78, 5) is 14.8. The highest BCUT2D eigenvalue weighted by molar-refractivity contribution is 5.94. The molecule has 33 heavy (non-hydrogen) atoms. The van der Waals surface area contributed by atoms with Crippen LogP contribution in [0.15, 0.2) is 63.7 Å². The highest BCUT2D eigenvalue weighted by Crippen LogP contribution is 2.26. The summed E-state index contributed by atoms with van der Waals surface area (Å²) in [5.41, 5.74) is 4.56. The Hall–Kier alpha value is -3.65. The molecule has 0 bridgehead atoms. The molecule has 0 saturated heterocycles. The van der Waals surface area contributed by atoms with Gasteiger partial charge >= 0.3 is 0 Å². The lowest BCUT2D eigenvalue weighted by Crippen LogP contribution is -2.35. The van der Waals surface area contributed by atoms with E-state index in [4.69, 9.17) is 8.94 Å². The van der Waals surface area contributed by atoms with Gasteiger partial charge in [0.15, 0.2) is 11.5 Å². The second-order valence-electron chi connectivity index (χ2n) is 8.51. The normalized spacial score (nSPS) is 15.4. The van der Waals surface area contributed by atoms with Crippen LogP contribution in [0.3, 0.4) is 0 Å². The van der Waals surface area contributed by atoms with Crippen LogP contribution < -0.4 is 5.32 Å². The Morgan fingerprint density at radius 2 is 2.09 bits per heavy atom. The number of hydrogen-bond acceptors (Lipinski definition) is 6. The van der Waals surface area contributed by atoms with Crippen LogP contribution in [0.25, 0.3) is 11.3 Å². The van der Waals surface area contributed by atoms with E-state index in [2.05, 4.69) is 15.6 Å². The number of nitrogens with zero attached hydrogens (tertiary/aromatic N) is 4. The number of amides is 1. The number of hydrogen-bond donors (Lipinski definition) is 1. The minimum absolute atomic E-state index is 0.0899. The number of rotatable bonds is 7. The van der Waals surface area contributed by atoms with Gasteiger partial charge in [-0.25, -0.2) is 0 Å². The SMILES string of the molecule is CN(Cc1ccco1)C(=O)c1nn(C)c2c1CC(NCc1cc(-c3ccccc3)on1)CC2. The minimum Gasteiger partial charge on any atom is -0.467 e. The number of benzene rings is 1. The number of nitrogens with one attached hydrogen (secondary N) is 1. The highest BCUT2D eigenvalue weighted by atomic mass is 16.5. The summed E-state index contributed by atoms with van der Waals surface area (Å²) in [7, 11) is 3.69. The maximum absolute atomic E-state index is 13.1. The van der Waals surface area contributed by atoms with Gasteiger partial charge in [0.2, 0.25) is 0 Å². The van der Waals surface area contributed by atoms with E-state index in [1.807, 2.05) is 60.3 Å². The summed E-state index contributed by atoms with van der Waals surface area (Å²) in [6.07, 6.45) is 4.22. The Labute approximate surface area is 192 Å². The zero-order valence-electron chi connectivity index (χ0n) is 18.8. The van der Waals surface area contributed by atoms with Gasteiger partial charge in [-0.15, -0.1) is 0 Å². The largest absolute Gasteiger partial charge is 0.467 e. The molecule has 170 valence electrons. The third-order valence-electron chi connectivity index (χ3n) is 6.17. The van der Waals surface area contributed by atoms with E-state index in [-0.39, 0.29) is 11.9 Å². The van der Waals surface area contributed by atoms with Gasteiger partial charge in [0.25, 0.3) is 5.91 Å². The minimum atomic E-state index is -0.0899. The van der Waals surface area contributed by atoms with Crippen molar-refractivity contribution in [3.8, 4) is 11.3 Å². The topological polar surface area (TPSA) is 89.3 Å². The third-order valence-corrected chi connectivity index (χ3v) is 6.17. The van der Waals surface area contributed by atoms with Crippen molar-refractivity contribution >= 4 is 5.91 Å². The van der Waals surface area contributed by atoms with Crippen molar-refractivity contribution in [1.29, 1.82) is 0 Å². The van der Waals surface area contributed by atoms with Gasteiger partial charge < -0.3 is 19.2 Å². The van der Waals surface area contributed by atoms with E-state index in [1.165, 1.54) is 0 Å². The van der Waals surface area contributed by atoms with Crippen LogP contribution >= 0.6 is 0 Å². The van der Waals surface area contributed by atoms with Crippen molar-refractivity contribution in [3.63, 3.8) is 0 Å². The summed E-state index contributed by atoms with van der Waals surface area (Å²) in [6.45, 7) is 1.02. The quantitative estimate of drug-likeness (QED) is 0.468. The average molecular weight is 446 g/mol. The van der Waals surface area contributed by atoms with Gasteiger partial charge in [0.1, 0.15) is 5.76 Å². The maximum Gasteiger partial charge on any atom is 0.274 e. The fraction of sp³-hybridized carbons (Fsp3) is 0.320. The maximum atomic E-state index is 13.1. The molecule has 1 N–H and O–H groups in total. The molecule has 0 radical (unpaired) electrons. The van der Waals surface area contributed by atoms with Crippen LogP contribution in [0.5, 0.6) is 0 Å². The van der Waals surface area contributed by atoms with Crippen LogP contribution in [0, 0.1) is 0 Å². The molecule has 3 heterocycles. The molecular formula is C25H27N5O3. The zero-order valence-corrected chi connectivity index (χ0v) is 18.8. The van der Waals surface area contributed by atoms with E-state index >= 15 is 0 Å². The Morgan fingerprint density at radius 1 is 1.24 bits per heavy atom. The van der Waals surface area contributed by atoms with Crippen molar-refractivity contribution in [3.05, 3.63) is 83.2 Å². The average Bonchev–Trinajstić information content (AvgIpc) is 3.59. The van der Waals surface area contributed by atoms with Crippen molar-refractivity contribution in [2.24, 2.45) is 7.05 Å². The lowest BCUT2D eigenvalue weighted by Gasteiger charge is -2.24. The molecule has 4 aromatic rings. The fourth-order valence-corrected chi connectivity index (χ4v) is 4.41. The van der Waals surface area contributed by atoms with Gasteiger partial charge in [0, 0.05) is 49.6 Å². The molecule has 5 rings (SSSR count). The molecule has 0 spiro atoms. The smallest absolute Gasteiger partial charge is 0.274 e. The van der Waals surface area contributed by atoms with Gasteiger partial charge in [0.05, 0.1) is 18.5 Å². The van der Waals surface area contributed by atoms with E-state index < -0.39 is 0 Å². The molecule has 8 heteroatoms. The predicted molar refractivity (Wildman–Crippen MR) is 122 cm³/mol. The molecule has 1 amide bonds. The molecule has 1 aliphatic carbocycles. The second kappa shape index (κ2) is 9.07. The van der Waals surface area contributed by atoms with E-state index in [1.54, 1.807) is 18.2 Å². The number of aromatic nitrogens is 3. The molecule has 0 aliphatic heterocycles. The van der Waals surface area contributed by atoms with E-state index in [0.29, 0.717) is 18.8 Å². The third kappa shape index (κ3) is 4.47. The first-order valence-corrected chi connectivity index (χ1v) is 11.2. The van der Waals surface area contributed by atoms with Crippen LogP contribution in [0.4, 0.5) is 0 Å². The van der Waals surface area contributed by atoms with E-state index in [0.717, 1.165) is 53.3 Å². The second-order valence-corrected chi connectivity index (χ2v) is 8.51. The number of furan rings is 1. The van der Waals surface area contributed by atoms with Gasteiger partial charge in [-0.1, -0.05) is 35.5 Å². The van der Waals surface area contributed by atoms with Crippen LogP contribution in [-0.4, -0.2) is 38.8 Å². The van der Waals surface area contributed by atoms with Crippen molar-refractivity contribution in [2.45, 2.75) is 38.4 Å². The summed E-state index contributed by atoms with van der Waals surface area (Å²) in [5.74, 6) is 1.42. The molecule has 1 unspecified atom stereocenters. The Kier molecular flexibility index (Phi) is 5.83. The van der Waals surface area contributed by atoms with Gasteiger partial charge in [-0.2, -0.15) is 5.10 Å². The Balaban J connectivity index is 1.25. The lowest BCUT2D eigenvalue weighted by atomic mass is 9.91. The number of aryl methyl sites for hydroxylation is 1. The molecule has 1 atom stereocenters. The number of carbonyl (C=O) groups excluding carboxylic acids is 1. The molecule has 3 aromatic heterocycles. The number of carbonyl (C=O) groups is 1. The monoisotopic (exact) mass is 445 g/mol. The van der Waals surface area contributed by atoms with Crippen molar-refractivity contribution in [1.82, 2.24) is 25.2 Å².